The summed E-state index contributed by atoms with van der Waals surface area (Å²) in [6, 6.07) is 2.55. The predicted molar refractivity (Wildman–Crippen MR) is 67.5 cm³/mol. The lowest BCUT2D eigenvalue weighted by atomic mass is 10.2. The topological polar surface area (TPSA) is 112 Å². The van der Waals surface area contributed by atoms with Crippen molar-refractivity contribution in [2.45, 2.75) is 11.8 Å². The second kappa shape index (κ2) is 5.13. The summed E-state index contributed by atoms with van der Waals surface area (Å²) in [7, 11) is -4.44. The van der Waals surface area contributed by atoms with Crippen molar-refractivity contribution in [2.75, 3.05) is 4.72 Å². The molecule has 10 heteroatoms. The van der Waals surface area contributed by atoms with Gasteiger partial charge >= 0.3 is 5.97 Å². The lowest BCUT2D eigenvalue weighted by Gasteiger charge is -2.08. The maximum atomic E-state index is 13.9. The predicted octanol–water partition coefficient (Wildman–Crippen LogP) is 1.50. The van der Waals surface area contributed by atoms with E-state index in [-0.39, 0.29) is 5.82 Å². The number of carboxylic acids is 1. The number of carbonyl (C=O) groups is 1. The highest BCUT2D eigenvalue weighted by Gasteiger charge is 2.27. The largest absolute Gasteiger partial charge is 0.477 e. The van der Waals surface area contributed by atoms with Crippen molar-refractivity contribution in [3.05, 3.63) is 41.1 Å². The van der Waals surface area contributed by atoms with Gasteiger partial charge in [0.15, 0.2) is 11.6 Å². The van der Waals surface area contributed by atoms with E-state index >= 15 is 0 Å². The highest BCUT2D eigenvalue weighted by atomic mass is 32.2. The van der Waals surface area contributed by atoms with Gasteiger partial charge in [0.2, 0.25) is 0 Å². The molecule has 112 valence electrons. The minimum absolute atomic E-state index is 0.104. The zero-order valence-corrected chi connectivity index (χ0v) is 11.3. The molecule has 0 spiro atoms. The summed E-state index contributed by atoms with van der Waals surface area (Å²) in [5.41, 5.74) is -0.783. The van der Waals surface area contributed by atoms with Crippen LogP contribution in [0, 0.1) is 18.6 Å². The zero-order chi connectivity index (χ0) is 15.8. The molecular formula is C11H9F2N3O4S. The maximum Gasteiger partial charge on any atom is 0.341 e. The fourth-order valence-electron chi connectivity index (χ4n) is 1.60. The summed E-state index contributed by atoms with van der Waals surface area (Å²) in [6.45, 7) is 1.62. The molecule has 1 aromatic heterocycles. The first-order valence-corrected chi connectivity index (χ1v) is 6.97. The summed E-state index contributed by atoms with van der Waals surface area (Å²) in [6.07, 6.45) is 0. The number of benzene rings is 1. The van der Waals surface area contributed by atoms with Gasteiger partial charge in [0.05, 0.1) is 0 Å². The number of hydrogen-bond donors (Lipinski definition) is 3. The van der Waals surface area contributed by atoms with Crippen LogP contribution in [0.3, 0.4) is 0 Å². The van der Waals surface area contributed by atoms with Gasteiger partial charge in [0, 0.05) is 11.8 Å². The smallest absolute Gasteiger partial charge is 0.341 e. The highest BCUT2D eigenvalue weighted by molar-refractivity contribution is 7.92. The van der Waals surface area contributed by atoms with Crippen molar-refractivity contribution in [2.24, 2.45) is 0 Å². The van der Waals surface area contributed by atoms with Gasteiger partial charge in [-0.25, -0.2) is 22.0 Å². The Morgan fingerprint density at radius 3 is 2.57 bits per heavy atom. The van der Waals surface area contributed by atoms with E-state index in [2.05, 4.69) is 10.2 Å². The van der Waals surface area contributed by atoms with Crippen molar-refractivity contribution < 1.29 is 27.1 Å². The molecule has 0 aliphatic rings. The first-order chi connectivity index (χ1) is 9.72. The number of aromatic amines is 1. The minimum Gasteiger partial charge on any atom is -0.477 e. The van der Waals surface area contributed by atoms with Crippen LogP contribution < -0.4 is 4.72 Å². The molecule has 0 atom stereocenters. The van der Waals surface area contributed by atoms with Gasteiger partial charge in [-0.2, -0.15) is 5.10 Å². The number of carboxylic acid groups (broad SMARTS) is 1. The average molecular weight is 317 g/mol. The van der Waals surface area contributed by atoms with Gasteiger partial charge in [0.1, 0.15) is 16.3 Å². The number of aryl methyl sites for hydroxylation is 1. The van der Waals surface area contributed by atoms with Crippen LogP contribution in [-0.2, 0) is 10.0 Å². The minimum atomic E-state index is -4.44. The van der Waals surface area contributed by atoms with Crippen molar-refractivity contribution in [3.8, 4) is 0 Å². The molecule has 21 heavy (non-hydrogen) atoms. The summed E-state index contributed by atoms with van der Waals surface area (Å²) >= 11 is 0. The zero-order valence-electron chi connectivity index (χ0n) is 10.5. The number of sulfonamides is 1. The molecule has 0 bridgehead atoms. The van der Waals surface area contributed by atoms with E-state index in [0.29, 0.717) is 17.8 Å². The molecule has 0 saturated carbocycles. The number of nitrogens with one attached hydrogen (secondary N) is 2. The molecule has 0 saturated heterocycles. The van der Waals surface area contributed by atoms with E-state index in [9.17, 15) is 22.0 Å². The SMILES string of the molecule is Cc1cc(NS(=O)(=O)c2ccc(F)c(C(=O)O)c2F)n[nH]1. The Bertz CT molecular complexity index is 817. The molecule has 0 aliphatic carbocycles. The molecule has 3 N–H and O–H groups in total. The van der Waals surface area contributed by atoms with Gasteiger partial charge < -0.3 is 5.11 Å². The summed E-state index contributed by atoms with van der Waals surface area (Å²) < 4.78 is 53.1. The fourth-order valence-corrected chi connectivity index (χ4v) is 2.67. The van der Waals surface area contributed by atoms with E-state index < -0.39 is 38.1 Å². The Morgan fingerprint density at radius 2 is 2.05 bits per heavy atom. The second-order valence-corrected chi connectivity index (χ2v) is 5.73. The lowest BCUT2D eigenvalue weighted by molar-refractivity contribution is 0.0685. The van der Waals surface area contributed by atoms with Gasteiger partial charge in [-0.1, -0.05) is 0 Å². The van der Waals surface area contributed by atoms with Crippen LogP contribution in [0.4, 0.5) is 14.6 Å². The summed E-state index contributed by atoms with van der Waals surface area (Å²) in [5.74, 6) is -5.05. The molecule has 0 amide bonds. The van der Waals surface area contributed by atoms with Crippen LogP contribution >= 0.6 is 0 Å². The monoisotopic (exact) mass is 317 g/mol. The number of hydrogen-bond acceptors (Lipinski definition) is 4. The van der Waals surface area contributed by atoms with Crippen LogP contribution in [0.25, 0.3) is 0 Å². The Labute approximate surface area is 117 Å². The summed E-state index contributed by atoms with van der Waals surface area (Å²) in [4.78, 5) is 9.79. The Kier molecular flexibility index (Phi) is 3.64. The Balaban J connectivity index is 2.50. The van der Waals surface area contributed by atoms with Crippen molar-refractivity contribution in [1.82, 2.24) is 10.2 Å². The Hall–Kier alpha value is -2.49. The molecule has 2 aromatic rings. The number of rotatable bonds is 4. The third kappa shape index (κ3) is 2.84. The molecular weight excluding hydrogens is 308 g/mol. The van der Waals surface area contributed by atoms with E-state index in [4.69, 9.17) is 5.11 Å². The molecule has 0 aliphatic heterocycles. The van der Waals surface area contributed by atoms with E-state index in [0.717, 1.165) is 0 Å². The van der Waals surface area contributed by atoms with E-state index in [1.54, 1.807) is 6.92 Å². The highest BCUT2D eigenvalue weighted by Crippen LogP contribution is 2.23. The lowest BCUT2D eigenvalue weighted by Crippen LogP contribution is -2.17. The maximum absolute atomic E-state index is 13.9. The van der Waals surface area contributed by atoms with Crippen molar-refractivity contribution >= 4 is 21.8 Å². The quantitative estimate of drug-likeness (QED) is 0.791. The number of anilines is 1. The normalized spacial score (nSPS) is 11.4. The van der Waals surface area contributed by atoms with Crippen molar-refractivity contribution in [1.29, 1.82) is 0 Å². The second-order valence-electron chi connectivity index (χ2n) is 4.08. The third-order valence-electron chi connectivity index (χ3n) is 2.50. The molecule has 1 aromatic carbocycles. The molecule has 0 fully saturated rings. The van der Waals surface area contributed by atoms with Gasteiger partial charge in [-0.15, -0.1) is 0 Å². The number of halogens is 2. The average Bonchev–Trinajstić information content (AvgIpc) is 2.72. The van der Waals surface area contributed by atoms with Gasteiger partial charge in [-0.3, -0.25) is 9.82 Å². The van der Waals surface area contributed by atoms with Gasteiger partial charge in [0.25, 0.3) is 10.0 Å². The molecule has 0 radical (unpaired) electrons. The number of aromatic carboxylic acids is 1. The van der Waals surface area contributed by atoms with Crippen LogP contribution in [0.15, 0.2) is 23.1 Å². The van der Waals surface area contributed by atoms with Gasteiger partial charge in [-0.05, 0) is 19.1 Å². The number of H-pyrrole nitrogens is 1. The van der Waals surface area contributed by atoms with Crippen LogP contribution in [0.1, 0.15) is 16.1 Å². The standard InChI is InChI=1S/C11H9F2N3O4S/c1-5-4-8(15-14-5)16-21(19,20)7-3-2-6(12)9(10(7)13)11(17)18/h2-4H,1H3,(H,17,18)(H2,14,15,16). The van der Waals surface area contributed by atoms with Crippen LogP contribution in [0.5, 0.6) is 0 Å². The summed E-state index contributed by atoms with van der Waals surface area (Å²) in [5, 5.41) is 14.8. The van der Waals surface area contributed by atoms with Crippen LogP contribution in [0.2, 0.25) is 0 Å². The first-order valence-electron chi connectivity index (χ1n) is 5.48. The Morgan fingerprint density at radius 1 is 1.38 bits per heavy atom. The third-order valence-corrected chi connectivity index (χ3v) is 3.88. The fraction of sp³-hybridized carbons (Fsp3) is 0.0909. The number of aromatic nitrogens is 2. The molecule has 2 rings (SSSR count). The molecule has 0 unspecified atom stereocenters. The number of nitrogens with zero attached hydrogens (tertiary/aromatic N) is 1. The van der Waals surface area contributed by atoms with E-state index in [1.807, 2.05) is 4.72 Å². The molecule has 7 nitrogen and oxygen atoms in total. The first kappa shape index (κ1) is 14.9. The van der Waals surface area contributed by atoms with E-state index in [1.165, 1.54) is 6.07 Å². The van der Waals surface area contributed by atoms with Crippen LogP contribution in [-0.4, -0.2) is 29.7 Å². The molecule has 1 heterocycles. The van der Waals surface area contributed by atoms with Crippen molar-refractivity contribution in [3.63, 3.8) is 0 Å².